The number of rotatable bonds is 11. The molecular weight excluding hydrogens is 479 g/mol. The number of primary sulfonamides is 1. The van der Waals surface area contributed by atoms with Crippen molar-refractivity contribution >= 4 is 35.7 Å². The molecule has 1 heterocycles. The molecule has 0 atom stereocenters. The Morgan fingerprint density at radius 2 is 1.68 bits per heavy atom. The van der Waals surface area contributed by atoms with Gasteiger partial charge >= 0.3 is 29.6 Å². The van der Waals surface area contributed by atoms with Gasteiger partial charge in [0, 0.05) is 0 Å². The molecule has 0 saturated heterocycles. The molecule has 168 valence electrons. The maximum atomic E-state index is 12.8. The minimum atomic E-state index is -5.15. The van der Waals surface area contributed by atoms with Crippen LogP contribution in [-0.2, 0) is 36.5 Å². The Hall–Kier alpha value is -0.930. The molecule has 10 nitrogen and oxygen atoms in total. The maximum absolute atomic E-state index is 12.8. The van der Waals surface area contributed by atoms with Gasteiger partial charge in [0.15, 0.2) is 9.84 Å². The van der Waals surface area contributed by atoms with Crippen molar-refractivity contribution < 1.29 is 63.8 Å². The van der Waals surface area contributed by atoms with Crippen molar-refractivity contribution in [1.82, 2.24) is 0 Å². The van der Waals surface area contributed by atoms with Crippen LogP contribution in [0.4, 0.5) is 5.69 Å². The van der Waals surface area contributed by atoms with Gasteiger partial charge in [-0.3, -0.25) is 0 Å². The van der Waals surface area contributed by atoms with Gasteiger partial charge in [-0.05, 0) is 30.7 Å². The average molecular weight is 503 g/mol. The van der Waals surface area contributed by atoms with Crippen LogP contribution in [-0.4, -0.2) is 35.6 Å². The fourth-order valence-corrected chi connectivity index (χ4v) is 6.33. The van der Waals surface area contributed by atoms with Crippen LogP contribution in [0.2, 0.25) is 0 Å². The van der Waals surface area contributed by atoms with E-state index in [1.165, 1.54) is 6.26 Å². The van der Waals surface area contributed by atoms with E-state index in [0.717, 1.165) is 18.9 Å². The molecule has 3 N–H and O–H groups in total. The van der Waals surface area contributed by atoms with Crippen LogP contribution >= 0.6 is 0 Å². The monoisotopic (exact) mass is 502 g/mol. The van der Waals surface area contributed by atoms with Gasteiger partial charge in [0.05, 0.1) is 34.0 Å². The number of sulfone groups is 1. The molecule has 0 bridgehead atoms. The Balaban J connectivity index is 0.00000480. The quantitative estimate of drug-likeness (QED) is 0.217. The zero-order valence-corrected chi connectivity index (χ0v) is 21.6. The summed E-state index contributed by atoms with van der Waals surface area (Å²) in [6, 6.07) is 4.46. The van der Waals surface area contributed by atoms with E-state index in [1.807, 2.05) is 6.92 Å². The molecule has 0 amide bonds. The van der Waals surface area contributed by atoms with E-state index >= 15 is 0 Å². The van der Waals surface area contributed by atoms with Crippen LogP contribution in [0.25, 0.3) is 0 Å². The predicted molar refractivity (Wildman–Crippen MR) is 108 cm³/mol. The van der Waals surface area contributed by atoms with Gasteiger partial charge in [-0.25, -0.2) is 30.4 Å². The van der Waals surface area contributed by atoms with Crippen LogP contribution in [0.5, 0.6) is 0 Å². The molecule has 0 aliphatic heterocycles. The standard InChI is InChI=1S/C17H24N2O8S3.Na/c1-2-3-4-5-9-28(20,21)16-10-14(19-12-13-7-6-8-27-13)15(30(24,25)26)11-17(16)29(18,22)23;/h6-8,10-11,19H,2-5,9,12H2,1H3,(H2,18,22,23)(H,24,25,26);/q;+1/p-1. The maximum Gasteiger partial charge on any atom is 1.00 e. The summed E-state index contributed by atoms with van der Waals surface area (Å²) in [7, 11) is -13.9. The zero-order valence-electron chi connectivity index (χ0n) is 17.2. The van der Waals surface area contributed by atoms with E-state index in [-0.39, 0.29) is 54.0 Å². The summed E-state index contributed by atoms with van der Waals surface area (Å²) in [6.07, 6.45) is 3.97. The van der Waals surface area contributed by atoms with E-state index in [2.05, 4.69) is 5.32 Å². The molecule has 0 fully saturated rings. The molecule has 0 saturated carbocycles. The number of unbranched alkanes of at least 4 members (excludes halogenated alkanes) is 3. The number of furan rings is 1. The number of hydrogen-bond donors (Lipinski definition) is 2. The second-order valence-electron chi connectivity index (χ2n) is 6.61. The Morgan fingerprint density at radius 1 is 1.00 bits per heavy atom. The third-order valence-electron chi connectivity index (χ3n) is 4.26. The summed E-state index contributed by atoms with van der Waals surface area (Å²) >= 11 is 0. The first-order valence-corrected chi connectivity index (χ1v) is 13.6. The van der Waals surface area contributed by atoms with Crippen molar-refractivity contribution in [1.29, 1.82) is 0 Å². The number of hydrogen-bond acceptors (Lipinski definition) is 9. The Labute approximate surface area is 204 Å². The summed E-state index contributed by atoms with van der Waals surface area (Å²) in [5.74, 6) is 0.0279. The molecule has 0 aliphatic carbocycles. The van der Waals surface area contributed by atoms with Gasteiger partial charge in [0.1, 0.15) is 20.8 Å². The second kappa shape index (κ2) is 11.3. The van der Waals surface area contributed by atoms with Crippen molar-refractivity contribution in [3.63, 3.8) is 0 Å². The van der Waals surface area contributed by atoms with E-state index in [9.17, 15) is 29.8 Å². The van der Waals surface area contributed by atoms with Crippen molar-refractivity contribution in [3.8, 4) is 0 Å². The van der Waals surface area contributed by atoms with Crippen LogP contribution in [0, 0.1) is 0 Å². The molecule has 1 aromatic heterocycles. The van der Waals surface area contributed by atoms with Crippen molar-refractivity contribution in [3.05, 3.63) is 36.3 Å². The third kappa shape index (κ3) is 7.86. The zero-order chi connectivity index (χ0) is 22.6. The molecule has 0 unspecified atom stereocenters. The summed E-state index contributed by atoms with van der Waals surface area (Å²) in [4.78, 5) is -2.52. The van der Waals surface area contributed by atoms with Gasteiger partial charge in [0.2, 0.25) is 10.0 Å². The van der Waals surface area contributed by atoms with Crippen LogP contribution in [0.15, 0.2) is 49.6 Å². The largest absolute Gasteiger partial charge is 1.00 e. The molecule has 14 heteroatoms. The number of nitrogens with one attached hydrogen (secondary N) is 1. The SMILES string of the molecule is CCCCCCS(=O)(=O)c1cc(NCc2ccco2)c(S(=O)(=O)[O-])cc1S(N)(=O)=O.[Na+]. The van der Waals surface area contributed by atoms with Crippen molar-refractivity contribution in [2.45, 2.75) is 53.8 Å². The van der Waals surface area contributed by atoms with Gasteiger partial charge < -0.3 is 14.3 Å². The summed E-state index contributed by atoms with van der Waals surface area (Å²) < 4.78 is 89.8. The normalized spacial score (nSPS) is 12.4. The minimum absolute atomic E-state index is 0. The fraction of sp³-hybridized carbons (Fsp3) is 0.412. The topological polar surface area (TPSA) is 177 Å². The first-order chi connectivity index (χ1) is 13.9. The first-order valence-electron chi connectivity index (χ1n) is 9.02. The fourth-order valence-electron chi connectivity index (χ4n) is 2.78. The number of benzene rings is 1. The molecule has 0 spiro atoms. The summed E-state index contributed by atoms with van der Waals surface area (Å²) in [6.45, 7) is 1.88. The molecule has 2 rings (SSSR count). The van der Waals surface area contributed by atoms with Gasteiger partial charge in [-0.2, -0.15) is 0 Å². The van der Waals surface area contributed by atoms with Crippen LogP contribution in [0.3, 0.4) is 0 Å². The molecule has 31 heavy (non-hydrogen) atoms. The van der Waals surface area contributed by atoms with Gasteiger partial charge in [0.25, 0.3) is 0 Å². The number of nitrogens with two attached hydrogens (primary N) is 1. The molecule has 1 aromatic carbocycles. The molecule has 0 aliphatic rings. The van der Waals surface area contributed by atoms with E-state index < -0.39 is 44.7 Å². The third-order valence-corrected chi connectivity index (χ3v) is 8.05. The Bertz CT molecular complexity index is 1190. The summed E-state index contributed by atoms with van der Waals surface area (Å²) in [5.41, 5.74) is -0.360. The minimum Gasteiger partial charge on any atom is -0.744 e. The van der Waals surface area contributed by atoms with Gasteiger partial charge in [-0.15, -0.1) is 0 Å². The van der Waals surface area contributed by atoms with E-state index in [1.54, 1.807) is 12.1 Å². The van der Waals surface area contributed by atoms with E-state index in [4.69, 9.17) is 9.56 Å². The molecule has 0 radical (unpaired) electrons. The van der Waals surface area contributed by atoms with Crippen molar-refractivity contribution in [2.75, 3.05) is 11.1 Å². The Morgan fingerprint density at radius 3 is 2.19 bits per heavy atom. The molecular formula is C17H23N2NaO8S3. The second-order valence-corrected chi connectivity index (χ2v) is 11.6. The number of sulfonamides is 1. The predicted octanol–water partition coefficient (Wildman–Crippen LogP) is -1.20. The first kappa shape index (κ1) is 28.1. The van der Waals surface area contributed by atoms with Crippen LogP contribution < -0.4 is 40.0 Å². The summed E-state index contributed by atoms with van der Waals surface area (Å²) in [5, 5.41) is 7.74. The van der Waals surface area contributed by atoms with Gasteiger partial charge in [-0.1, -0.05) is 26.2 Å². The smallest absolute Gasteiger partial charge is 0.744 e. The van der Waals surface area contributed by atoms with Crippen LogP contribution in [0.1, 0.15) is 38.4 Å². The molecule has 2 aromatic rings. The Kier molecular flexibility index (Phi) is 10.2. The number of anilines is 1. The van der Waals surface area contributed by atoms with E-state index in [0.29, 0.717) is 18.2 Å². The van der Waals surface area contributed by atoms with Crippen molar-refractivity contribution in [2.24, 2.45) is 5.14 Å². The average Bonchev–Trinajstić information content (AvgIpc) is 3.15.